The molecular formula is C12H17BO2. The van der Waals surface area contributed by atoms with Crippen molar-refractivity contribution >= 4 is 12.6 Å². The summed E-state index contributed by atoms with van der Waals surface area (Å²) in [5.74, 6) is 0.519. The predicted octanol–water partition coefficient (Wildman–Crippen LogP) is 1.98. The Hall–Kier alpha value is -0.795. The van der Waals surface area contributed by atoms with Gasteiger partial charge in [-0.05, 0) is 28.9 Å². The van der Waals surface area contributed by atoms with Crippen LogP contribution in [0.4, 0.5) is 0 Å². The number of rotatable bonds is 2. The Labute approximate surface area is 91.4 Å². The molecule has 0 aliphatic carbocycles. The molecule has 1 aliphatic rings. The second-order valence-corrected chi connectivity index (χ2v) is 4.43. The van der Waals surface area contributed by atoms with Gasteiger partial charge in [0, 0.05) is 0 Å². The van der Waals surface area contributed by atoms with Crippen molar-refractivity contribution in [2.45, 2.75) is 39.2 Å². The molecule has 1 unspecified atom stereocenters. The normalized spacial score (nSPS) is 19.8. The summed E-state index contributed by atoms with van der Waals surface area (Å²) in [6.07, 6.45) is 0.972. The topological polar surface area (TPSA) is 29.5 Å². The smallest absolute Gasteiger partial charge is 0.423 e. The van der Waals surface area contributed by atoms with Gasteiger partial charge in [0.05, 0.1) is 6.10 Å². The third-order valence-electron chi connectivity index (χ3n) is 3.05. The Morgan fingerprint density at radius 1 is 1.47 bits per heavy atom. The summed E-state index contributed by atoms with van der Waals surface area (Å²) in [6.45, 7) is 6.43. The van der Waals surface area contributed by atoms with Crippen LogP contribution < -0.4 is 5.46 Å². The second kappa shape index (κ2) is 3.99. The predicted molar refractivity (Wildman–Crippen MR) is 62.3 cm³/mol. The number of benzene rings is 1. The summed E-state index contributed by atoms with van der Waals surface area (Å²) >= 11 is 0. The van der Waals surface area contributed by atoms with Crippen LogP contribution in [0.25, 0.3) is 0 Å². The minimum atomic E-state index is -0.730. The van der Waals surface area contributed by atoms with Gasteiger partial charge in [0.2, 0.25) is 0 Å². The zero-order chi connectivity index (χ0) is 11.0. The van der Waals surface area contributed by atoms with Crippen molar-refractivity contribution in [3.8, 4) is 0 Å². The minimum absolute atomic E-state index is 0.0636. The van der Waals surface area contributed by atoms with E-state index in [2.05, 4.69) is 32.9 Å². The van der Waals surface area contributed by atoms with Crippen LogP contribution in [0.3, 0.4) is 0 Å². The van der Waals surface area contributed by atoms with E-state index in [-0.39, 0.29) is 6.10 Å². The molecule has 0 saturated carbocycles. The molecule has 0 amide bonds. The molecule has 1 atom stereocenters. The van der Waals surface area contributed by atoms with Gasteiger partial charge in [0.15, 0.2) is 0 Å². The van der Waals surface area contributed by atoms with E-state index in [0.717, 1.165) is 17.4 Å². The first kappa shape index (κ1) is 10.7. The van der Waals surface area contributed by atoms with Crippen LogP contribution >= 0.6 is 0 Å². The molecule has 0 spiro atoms. The Balaban J connectivity index is 2.42. The quantitative estimate of drug-likeness (QED) is 0.746. The van der Waals surface area contributed by atoms with E-state index >= 15 is 0 Å². The lowest BCUT2D eigenvalue weighted by Crippen LogP contribution is -2.27. The van der Waals surface area contributed by atoms with E-state index in [4.69, 9.17) is 4.65 Å². The zero-order valence-electron chi connectivity index (χ0n) is 9.53. The fourth-order valence-electron chi connectivity index (χ4n) is 2.07. The van der Waals surface area contributed by atoms with Crippen molar-refractivity contribution in [1.29, 1.82) is 0 Å². The van der Waals surface area contributed by atoms with Gasteiger partial charge < -0.3 is 9.68 Å². The molecule has 1 aromatic rings. The molecule has 80 valence electrons. The SMILES string of the molecule is CCC1OB(O)c2ccc(C(C)C)cc21. The van der Waals surface area contributed by atoms with Crippen LogP contribution in [0.15, 0.2) is 18.2 Å². The first-order chi connectivity index (χ1) is 7.13. The molecule has 1 aliphatic heterocycles. The summed E-state index contributed by atoms with van der Waals surface area (Å²) in [5.41, 5.74) is 3.41. The highest BCUT2D eigenvalue weighted by atomic mass is 16.5. The molecule has 0 aromatic heterocycles. The van der Waals surface area contributed by atoms with Crippen LogP contribution in [-0.4, -0.2) is 12.1 Å². The van der Waals surface area contributed by atoms with Crippen LogP contribution in [0.5, 0.6) is 0 Å². The van der Waals surface area contributed by atoms with Gasteiger partial charge in [0.1, 0.15) is 0 Å². The van der Waals surface area contributed by atoms with Crippen LogP contribution in [0.1, 0.15) is 50.3 Å². The summed E-state index contributed by atoms with van der Waals surface area (Å²) in [6, 6.07) is 6.24. The molecule has 2 nitrogen and oxygen atoms in total. The van der Waals surface area contributed by atoms with Gasteiger partial charge in [-0.25, -0.2) is 0 Å². The van der Waals surface area contributed by atoms with Gasteiger partial charge in [-0.2, -0.15) is 0 Å². The molecule has 0 radical (unpaired) electrons. The molecular weight excluding hydrogens is 187 g/mol. The third-order valence-corrected chi connectivity index (χ3v) is 3.05. The average Bonchev–Trinajstić information content (AvgIpc) is 2.55. The highest BCUT2D eigenvalue weighted by Crippen LogP contribution is 2.28. The van der Waals surface area contributed by atoms with E-state index < -0.39 is 7.12 Å². The fraction of sp³-hybridized carbons (Fsp3) is 0.500. The maximum atomic E-state index is 9.69. The molecule has 1 heterocycles. The number of hydrogen-bond donors (Lipinski definition) is 1. The number of hydrogen-bond acceptors (Lipinski definition) is 2. The Morgan fingerprint density at radius 3 is 2.80 bits per heavy atom. The highest BCUT2D eigenvalue weighted by Gasteiger charge is 2.33. The van der Waals surface area contributed by atoms with Crippen molar-refractivity contribution in [1.82, 2.24) is 0 Å². The lowest BCUT2D eigenvalue weighted by atomic mass is 9.78. The van der Waals surface area contributed by atoms with E-state index in [9.17, 15) is 5.02 Å². The summed E-state index contributed by atoms with van der Waals surface area (Å²) < 4.78 is 5.47. The van der Waals surface area contributed by atoms with E-state index in [1.807, 2.05) is 6.07 Å². The average molecular weight is 204 g/mol. The summed E-state index contributed by atoms with van der Waals surface area (Å²) in [7, 11) is -0.730. The van der Waals surface area contributed by atoms with Crippen molar-refractivity contribution in [3.63, 3.8) is 0 Å². The van der Waals surface area contributed by atoms with E-state index in [1.165, 1.54) is 5.56 Å². The maximum Gasteiger partial charge on any atom is 0.491 e. The van der Waals surface area contributed by atoms with Gasteiger partial charge >= 0.3 is 7.12 Å². The van der Waals surface area contributed by atoms with E-state index in [0.29, 0.717) is 5.92 Å². The minimum Gasteiger partial charge on any atom is -0.423 e. The molecule has 3 heteroatoms. The van der Waals surface area contributed by atoms with Crippen LogP contribution in [0.2, 0.25) is 0 Å². The van der Waals surface area contributed by atoms with Crippen LogP contribution in [0, 0.1) is 0 Å². The maximum absolute atomic E-state index is 9.69. The second-order valence-electron chi connectivity index (χ2n) is 4.43. The molecule has 0 fully saturated rings. The molecule has 15 heavy (non-hydrogen) atoms. The standard InChI is InChI=1S/C12H17BO2/c1-4-12-10-7-9(8(2)3)5-6-11(10)13(14)15-12/h5-8,12,14H,4H2,1-3H3. The highest BCUT2D eigenvalue weighted by molar-refractivity contribution is 6.61. The molecule has 2 rings (SSSR count). The Kier molecular flexibility index (Phi) is 2.85. The molecule has 0 saturated heterocycles. The van der Waals surface area contributed by atoms with Crippen molar-refractivity contribution in [3.05, 3.63) is 29.3 Å². The van der Waals surface area contributed by atoms with E-state index in [1.54, 1.807) is 0 Å². The lowest BCUT2D eigenvalue weighted by Gasteiger charge is -2.11. The van der Waals surface area contributed by atoms with Crippen molar-refractivity contribution in [2.75, 3.05) is 0 Å². The monoisotopic (exact) mass is 204 g/mol. The zero-order valence-corrected chi connectivity index (χ0v) is 9.53. The molecule has 1 N–H and O–H groups in total. The van der Waals surface area contributed by atoms with Gasteiger partial charge in [0.25, 0.3) is 0 Å². The van der Waals surface area contributed by atoms with Crippen molar-refractivity contribution in [2.24, 2.45) is 0 Å². The Bertz CT molecular complexity index is 363. The van der Waals surface area contributed by atoms with Gasteiger partial charge in [-0.15, -0.1) is 0 Å². The lowest BCUT2D eigenvalue weighted by molar-refractivity contribution is 0.186. The molecule has 0 bridgehead atoms. The summed E-state index contributed by atoms with van der Waals surface area (Å²) in [5, 5.41) is 9.69. The van der Waals surface area contributed by atoms with Crippen LogP contribution in [-0.2, 0) is 4.65 Å². The molecule has 1 aromatic carbocycles. The van der Waals surface area contributed by atoms with Crippen molar-refractivity contribution < 1.29 is 9.68 Å². The van der Waals surface area contributed by atoms with Gasteiger partial charge in [-0.3, -0.25) is 0 Å². The Morgan fingerprint density at radius 2 is 2.20 bits per heavy atom. The van der Waals surface area contributed by atoms with Gasteiger partial charge in [-0.1, -0.05) is 39.0 Å². The summed E-state index contributed by atoms with van der Waals surface area (Å²) in [4.78, 5) is 0. The third kappa shape index (κ3) is 1.82. The largest absolute Gasteiger partial charge is 0.491 e. The number of fused-ring (bicyclic) bond motifs is 1. The first-order valence-corrected chi connectivity index (χ1v) is 5.60. The fourth-order valence-corrected chi connectivity index (χ4v) is 2.07. The first-order valence-electron chi connectivity index (χ1n) is 5.60.